The summed E-state index contributed by atoms with van der Waals surface area (Å²) in [4.78, 5) is 28.8. The molecular weight excluding hydrogens is 508 g/mol. The van der Waals surface area contributed by atoms with E-state index >= 15 is 0 Å². The standard InChI is InChI=1S/C31H34N4O3S/c1-37-25-10-11-26-28(18-25)39-31(22-6-8-24(9-7-22)38-17-16-34-12-2-3-13-34)29(26)30(36)27-20-32-23(19-33-27)21-35-14-4-5-15-35/h6-11,18-20H,2-5,12-17,21H2,1H3. The second-order valence-electron chi connectivity index (χ2n) is 10.3. The summed E-state index contributed by atoms with van der Waals surface area (Å²) in [5.41, 5.74) is 2.89. The molecule has 0 amide bonds. The van der Waals surface area contributed by atoms with Gasteiger partial charge in [0.05, 0.1) is 30.8 Å². The average Bonchev–Trinajstić information content (AvgIpc) is 3.75. The highest BCUT2D eigenvalue weighted by molar-refractivity contribution is 7.22. The van der Waals surface area contributed by atoms with Gasteiger partial charge in [0.25, 0.3) is 0 Å². The van der Waals surface area contributed by atoms with Gasteiger partial charge in [-0.05, 0) is 99.9 Å². The Morgan fingerprint density at radius 1 is 0.897 bits per heavy atom. The number of benzene rings is 2. The van der Waals surface area contributed by atoms with E-state index in [1.165, 1.54) is 38.8 Å². The lowest BCUT2D eigenvalue weighted by Crippen LogP contribution is -2.25. The van der Waals surface area contributed by atoms with Crippen molar-refractivity contribution >= 4 is 27.2 Å². The Morgan fingerprint density at radius 2 is 1.62 bits per heavy atom. The minimum Gasteiger partial charge on any atom is -0.497 e. The molecule has 2 aromatic heterocycles. The zero-order valence-electron chi connectivity index (χ0n) is 22.4. The first-order valence-corrected chi connectivity index (χ1v) is 14.6. The summed E-state index contributed by atoms with van der Waals surface area (Å²) in [6.07, 6.45) is 8.40. The molecule has 0 N–H and O–H groups in total. The van der Waals surface area contributed by atoms with Crippen LogP contribution in [0.4, 0.5) is 0 Å². The molecule has 0 radical (unpaired) electrons. The van der Waals surface area contributed by atoms with E-state index in [1.54, 1.807) is 30.8 Å². The third-order valence-corrected chi connectivity index (χ3v) is 8.84. The van der Waals surface area contributed by atoms with Crippen LogP contribution in [0.1, 0.15) is 47.4 Å². The highest BCUT2D eigenvalue weighted by atomic mass is 32.1. The zero-order valence-corrected chi connectivity index (χ0v) is 23.2. The molecular formula is C31H34N4O3S. The number of likely N-dealkylation sites (tertiary alicyclic amines) is 2. The number of hydrogen-bond acceptors (Lipinski definition) is 8. The van der Waals surface area contributed by atoms with Crippen LogP contribution < -0.4 is 9.47 Å². The van der Waals surface area contributed by atoms with Crippen LogP contribution in [0.25, 0.3) is 20.5 Å². The first kappa shape index (κ1) is 25.9. The SMILES string of the molecule is COc1ccc2c(C(=O)c3cnc(CN4CCCC4)cn3)c(-c3ccc(OCCN4CCCC4)cc3)sc2c1. The molecule has 4 heterocycles. The highest BCUT2D eigenvalue weighted by Gasteiger charge is 2.23. The molecule has 4 aromatic rings. The normalized spacial score (nSPS) is 16.2. The molecule has 0 unspecified atom stereocenters. The Hall–Kier alpha value is -3.33. The Labute approximate surface area is 233 Å². The number of rotatable bonds is 10. The largest absolute Gasteiger partial charge is 0.497 e. The lowest BCUT2D eigenvalue weighted by Gasteiger charge is -2.15. The van der Waals surface area contributed by atoms with Gasteiger partial charge in [-0.25, -0.2) is 4.98 Å². The summed E-state index contributed by atoms with van der Waals surface area (Å²) in [5.74, 6) is 1.49. The van der Waals surface area contributed by atoms with E-state index in [-0.39, 0.29) is 5.78 Å². The number of carbonyl (C=O) groups excluding carboxylic acids is 1. The maximum Gasteiger partial charge on any atom is 0.215 e. The predicted molar refractivity (Wildman–Crippen MR) is 155 cm³/mol. The lowest BCUT2D eigenvalue weighted by molar-refractivity contribution is 0.103. The van der Waals surface area contributed by atoms with Gasteiger partial charge in [0.2, 0.25) is 5.78 Å². The molecule has 202 valence electrons. The number of nitrogens with zero attached hydrogens (tertiary/aromatic N) is 4. The molecule has 2 saturated heterocycles. The average molecular weight is 543 g/mol. The summed E-state index contributed by atoms with van der Waals surface area (Å²) in [6.45, 7) is 6.94. The van der Waals surface area contributed by atoms with Gasteiger partial charge in [-0.3, -0.25) is 19.6 Å². The van der Waals surface area contributed by atoms with E-state index in [4.69, 9.17) is 9.47 Å². The van der Waals surface area contributed by atoms with Crippen LogP contribution in [0.15, 0.2) is 54.9 Å². The fraction of sp³-hybridized carbons (Fsp3) is 0.387. The maximum absolute atomic E-state index is 13.9. The highest BCUT2D eigenvalue weighted by Crippen LogP contribution is 2.41. The molecule has 0 atom stereocenters. The molecule has 2 aromatic carbocycles. The van der Waals surface area contributed by atoms with Crippen molar-refractivity contribution in [2.24, 2.45) is 0 Å². The second kappa shape index (κ2) is 11.8. The van der Waals surface area contributed by atoms with E-state index < -0.39 is 0 Å². The van der Waals surface area contributed by atoms with Crippen molar-refractivity contribution in [1.82, 2.24) is 19.8 Å². The first-order chi connectivity index (χ1) is 19.2. The van der Waals surface area contributed by atoms with E-state index in [9.17, 15) is 4.79 Å². The number of hydrogen-bond donors (Lipinski definition) is 0. The van der Waals surface area contributed by atoms with Crippen molar-refractivity contribution in [2.75, 3.05) is 46.4 Å². The van der Waals surface area contributed by atoms with E-state index in [1.807, 2.05) is 42.5 Å². The topological polar surface area (TPSA) is 67.8 Å². The van der Waals surface area contributed by atoms with Crippen LogP contribution in [-0.4, -0.2) is 72.0 Å². The molecule has 2 aliphatic rings. The van der Waals surface area contributed by atoms with Crippen molar-refractivity contribution in [3.8, 4) is 21.9 Å². The number of carbonyl (C=O) groups is 1. The molecule has 8 heteroatoms. The molecule has 0 bridgehead atoms. The van der Waals surface area contributed by atoms with Crippen molar-refractivity contribution in [2.45, 2.75) is 32.2 Å². The molecule has 2 aliphatic heterocycles. The summed E-state index contributed by atoms with van der Waals surface area (Å²) in [5, 5.41) is 0.898. The van der Waals surface area contributed by atoms with Crippen molar-refractivity contribution in [3.63, 3.8) is 0 Å². The number of ketones is 1. The van der Waals surface area contributed by atoms with E-state index in [2.05, 4.69) is 19.8 Å². The van der Waals surface area contributed by atoms with Crippen LogP contribution in [0.2, 0.25) is 0 Å². The minimum atomic E-state index is -0.118. The number of fused-ring (bicyclic) bond motifs is 1. The second-order valence-corrected chi connectivity index (χ2v) is 11.3. The van der Waals surface area contributed by atoms with Crippen molar-refractivity contribution in [1.29, 1.82) is 0 Å². The fourth-order valence-electron chi connectivity index (χ4n) is 5.49. The Balaban J connectivity index is 1.26. The summed E-state index contributed by atoms with van der Waals surface area (Å²) in [7, 11) is 1.66. The Kier molecular flexibility index (Phi) is 7.85. The predicted octanol–water partition coefficient (Wildman–Crippen LogP) is 5.67. The fourth-order valence-corrected chi connectivity index (χ4v) is 6.72. The molecule has 0 saturated carbocycles. The molecule has 39 heavy (non-hydrogen) atoms. The Bertz CT molecular complexity index is 1420. The number of methoxy groups -OCH3 is 1. The van der Waals surface area contributed by atoms with Gasteiger partial charge in [0.15, 0.2) is 0 Å². The van der Waals surface area contributed by atoms with Crippen molar-refractivity contribution < 1.29 is 14.3 Å². The van der Waals surface area contributed by atoms with Gasteiger partial charge in [0, 0.05) is 28.1 Å². The van der Waals surface area contributed by atoms with Gasteiger partial charge in [0.1, 0.15) is 23.8 Å². The smallest absolute Gasteiger partial charge is 0.215 e. The van der Waals surface area contributed by atoms with Gasteiger partial charge < -0.3 is 9.47 Å². The van der Waals surface area contributed by atoms with Crippen LogP contribution in [-0.2, 0) is 6.54 Å². The molecule has 6 rings (SSSR count). The lowest BCUT2D eigenvalue weighted by atomic mass is 10.0. The van der Waals surface area contributed by atoms with E-state index in [0.29, 0.717) is 17.9 Å². The number of ether oxygens (including phenoxy) is 2. The summed E-state index contributed by atoms with van der Waals surface area (Å²) in [6, 6.07) is 13.9. The Morgan fingerprint density at radius 3 is 2.31 bits per heavy atom. The molecule has 2 fully saturated rings. The third-order valence-electron chi connectivity index (χ3n) is 7.64. The summed E-state index contributed by atoms with van der Waals surface area (Å²) < 4.78 is 12.5. The maximum atomic E-state index is 13.9. The van der Waals surface area contributed by atoms with Crippen LogP contribution in [0.3, 0.4) is 0 Å². The third kappa shape index (κ3) is 5.83. The molecule has 0 aliphatic carbocycles. The first-order valence-electron chi connectivity index (χ1n) is 13.8. The number of thiophene rings is 1. The quantitative estimate of drug-likeness (QED) is 0.239. The van der Waals surface area contributed by atoms with Crippen LogP contribution >= 0.6 is 11.3 Å². The van der Waals surface area contributed by atoms with Gasteiger partial charge in [-0.2, -0.15) is 0 Å². The van der Waals surface area contributed by atoms with E-state index in [0.717, 1.165) is 63.9 Å². The molecule has 0 spiro atoms. The van der Waals surface area contributed by atoms with Crippen LogP contribution in [0, 0.1) is 0 Å². The molecule has 7 nitrogen and oxygen atoms in total. The minimum absolute atomic E-state index is 0.118. The number of aromatic nitrogens is 2. The van der Waals surface area contributed by atoms with Gasteiger partial charge in [-0.15, -0.1) is 11.3 Å². The zero-order chi connectivity index (χ0) is 26.6. The summed E-state index contributed by atoms with van der Waals surface area (Å²) >= 11 is 1.59. The van der Waals surface area contributed by atoms with Crippen molar-refractivity contribution in [3.05, 3.63) is 71.8 Å². The monoisotopic (exact) mass is 542 g/mol. The van der Waals surface area contributed by atoms with Gasteiger partial charge in [-0.1, -0.05) is 0 Å². The van der Waals surface area contributed by atoms with Crippen LogP contribution in [0.5, 0.6) is 11.5 Å². The van der Waals surface area contributed by atoms with Gasteiger partial charge >= 0.3 is 0 Å².